The van der Waals surface area contributed by atoms with E-state index in [4.69, 9.17) is 0 Å². The molecule has 18 heavy (non-hydrogen) atoms. The summed E-state index contributed by atoms with van der Waals surface area (Å²) in [5.74, 6) is -2.05. The van der Waals surface area contributed by atoms with Gasteiger partial charge in [0.1, 0.15) is 5.01 Å². The van der Waals surface area contributed by atoms with Crippen LogP contribution < -0.4 is 10.4 Å². The van der Waals surface area contributed by atoms with Gasteiger partial charge in [0, 0.05) is 23.7 Å². The van der Waals surface area contributed by atoms with Crippen molar-refractivity contribution in [3.63, 3.8) is 0 Å². The van der Waals surface area contributed by atoms with Crippen molar-refractivity contribution in [1.82, 2.24) is 10.2 Å². The Bertz CT molecular complexity index is 497. The van der Waals surface area contributed by atoms with Gasteiger partial charge in [-0.2, -0.15) is 0 Å². The van der Waals surface area contributed by atoms with Crippen LogP contribution in [0.5, 0.6) is 0 Å². The third-order valence-electron chi connectivity index (χ3n) is 3.51. The number of anilines is 1. The first-order valence-corrected chi connectivity index (χ1v) is 6.82. The first-order valence-electron chi connectivity index (χ1n) is 6.00. The summed E-state index contributed by atoms with van der Waals surface area (Å²) in [4.78, 5) is 22.6. The van der Waals surface area contributed by atoms with Gasteiger partial charge in [-0.1, -0.05) is 11.3 Å². The van der Waals surface area contributed by atoms with Crippen LogP contribution in [-0.2, 0) is 9.59 Å². The fourth-order valence-corrected chi connectivity index (χ4v) is 2.99. The summed E-state index contributed by atoms with van der Waals surface area (Å²) in [5.41, 5.74) is 0. The zero-order valence-corrected chi connectivity index (χ0v) is 10.4. The summed E-state index contributed by atoms with van der Waals surface area (Å²) in [6.45, 7) is 0. The maximum absolute atomic E-state index is 11.8. The molecule has 2 aliphatic rings. The molecule has 0 radical (unpaired) electrons. The Morgan fingerprint density at radius 3 is 2.44 bits per heavy atom. The van der Waals surface area contributed by atoms with E-state index in [2.05, 4.69) is 15.5 Å². The summed E-state index contributed by atoms with van der Waals surface area (Å²) < 4.78 is 0. The molecule has 3 rings (SSSR count). The van der Waals surface area contributed by atoms with Gasteiger partial charge in [-0.25, -0.2) is 0 Å². The molecule has 1 amide bonds. The third-order valence-corrected chi connectivity index (χ3v) is 4.51. The Kier molecular flexibility index (Phi) is 2.77. The van der Waals surface area contributed by atoms with Crippen molar-refractivity contribution >= 4 is 28.3 Å². The number of carboxylic acids is 1. The molecule has 0 bridgehead atoms. The van der Waals surface area contributed by atoms with Gasteiger partial charge in [0.2, 0.25) is 11.0 Å². The van der Waals surface area contributed by atoms with Crippen LogP contribution in [0.3, 0.4) is 0 Å². The Hall–Kier alpha value is -1.50. The van der Waals surface area contributed by atoms with Crippen molar-refractivity contribution in [2.45, 2.75) is 31.6 Å². The van der Waals surface area contributed by atoms with Crippen molar-refractivity contribution in [2.75, 3.05) is 5.32 Å². The molecule has 0 saturated heterocycles. The van der Waals surface area contributed by atoms with Crippen LogP contribution in [0.25, 0.3) is 0 Å². The molecule has 2 aliphatic carbocycles. The van der Waals surface area contributed by atoms with Gasteiger partial charge >= 0.3 is 0 Å². The normalized spacial score (nSPS) is 26.4. The Labute approximate surface area is 107 Å². The minimum atomic E-state index is -1.14. The highest BCUT2D eigenvalue weighted by atomic mass is 32.1. The van der Waals surface area contributed by atoms with Crippen LogP contribution in [-0.4, -0.2) is 22.1 Å². The fraction of sp³-hybridized carbons (Fsp3) is 0.636. The van der Waals surface area contributed by atoms with Crippen LogP contribution >= 0.6 is 11.3 Å². The van der Waals surface area contributed by atoms with E-state index in [-0.39, 0.29) is 5.91 Å². The second-order valence-corrected chi connectivity index (χ2v) is 5.83. The quantitative estimate of drug-likeness (QED) is 0.835. The Morgan fingerprint density at radius 2 is 1.89 bits per heavy atom. The standard InChI is InChI=1S/C11H13N3O3S/c15-8(6-3-4-7(6)10(16)17)12-11-14-13-9(18-11)5-1-2-5/h5-7H,1-4H2,(H,16,17)(H,12,14,15)/p-1/t6-,7-/m1/s1. The van der Waals surface area contributed by atoms with E-state index in [1.807, 2.05) is 0 Å². The summed E-state index contributed by atoms with van der Waals surface area (Å²) in [7, 11) is 0. The number of amides is 1. The monoisotopic (exact) mass is 266 g/mol. The predicted octanol–water partition coefficient (Wildman–Crippen LogP) is 0.130. The lowest BCUT2D eigenvalue weighted by Crippen LogP contribution is -2.46. The summed E-state index contributed by atoms with van der Waals surface area (Å²) in [6, 6.07) is 0. The number of hydrogen-bond acceptors (Lipinski definition) is 6. The molecule has 1 aromatic heterocycles. The van der Waals surface area contributed by atoms with Crippen LogP contribution in [0.2, 0.25) is 0 Å². The first-order chi connectivity index (χ1) is 8.65. The van der Waals surface area contributed by atoms with E-state index >= 15 is 0 Å². The summed E-state index contributed by atoms with van der Waals surface area (Å²) in [6.07, 6.45) is 3.39. The maximum Gasteiger partial charge on any atom is 0.229 e. The minimum absolute atomic E-state index is 0.283. The second kappa shape index (κ2) is 4.31. The van der Waals surface area contributed by atoms with E-state index in [0.29, 0.717) is 23.9 Å². The molecule has 7 heteroatoms. The number of aromatic nitrogens is 2. The lowest BCUT2D eigenvalue weighted by molar-refractivity contribution is -0.316. The molecule has 1 heterocycles. The number of nitrogens with one attached hydrogen (secondary N) is 1. The average Bonchev–Trinajstić information content (AvgIpc) is 2.98. The molecule has 6 nitrogen and oxygen atoms in total. The van der Waals surface area contributed by atoms with Gasteiger partial charge < -0.3 is 15.2 Å². The number of nitrogens with zero attached hydrogens (tertiary/aromatic N) is 2. The van der Waals surface area contributed by atoms with Gasteiger partial charge in [0.15, 0.2) is 0 Å². The largest absolute Gasteiger partial charge is 0.550 e. The van der Waals surface area contributed by atoms with E-state index in [9.17, 15) is 14.7 Å². The Balaban J connectivity index is 1.61. The van der Waals surface area contributed by atoms with E-state index in [1.54, 1.807) is 0 Å². The summed E-state index contributed by atoms with van der Waals surface area (Å²) in [5, 5.41) is 22.7. The second-order valence-electron chi connectivity index (χ2n) is 4.82. The molecule has 96 valence electrons. The smallest absolute Gasteiger partial charge is 0.229 e. The molecule has 1 aromatic rings. The highest BCUT2D eigenvalue weighted by molar-refractivity contribution is 7.15. The zero-order valence-electron chi connectivity index (χ0n) is 9.59. The van der Waals surface area contributed by atoms with Crippen molar-refractivity contribution < 1.29 is 14.7 Å². The van der Waals surface area contributed by atoms with E-state index in [0.717, 1.165) is 17.8 Å². The topological polar surface area (TPSA) is 95.0 Å². The number of carbonyl (C=O) groups is 2. The van der Waals surface area contributed by atoms with Crippen LogP contribution in [0.15, 0.2) is 0 Å². The lowest BCUT2D eigenvalue weighted by atomic mass is 9.73. The molecule has 2 fully saturated rings. The molecular formula is C11H12N3O3S-. The van der Waals surface area contributed by atoms with E-state index < -0.39 is 17.8 Å². The van der Waals surface area contributed by atoms with Crippen LogP contribution in [0.4, 0.5) is 5.13 Å². The van der Waals surface area contributed by atoms with Crippen LogP contribution in [0.1, 0.15) is 36.6 Å². The SMILES string of the molecule is O=C([O-])[C@@H]1CC[C@H]1C(=O)Nc1nnc(C2CC2)s1. The maximum atomic E-state index is 11.8. The van der Waals surface area contributed by atoms with Gasteiger partial charge in [0.25, 0.3) is 0 Å². The van der Waals surface area contributed by atoms with Gasteiger partial charge in [0.05, 0.1) is 0 Å². The Morgan fingerprint density at radius 1 is 1.17 bits per heavy atom. The summed E-state index contributed by atoms with van der Waals surface area (Å²) >= 11 is 1.38. The zero-order chi connectivity index (χ0) is 12.7. The molecular weight excluding hydrogens is 254 g/mol. The number of carboxylic acid groups (broad SMARTS) is 1. The van der Waals surface area contributed by atoms with E-state index in [1.165, 1.54) is 11.3 Å². The molecule has 1 N–H and O–H groups in total. The molecule has 2 atom stereocenters. The molecule has 0 aliphatic heterocycles. The number of aliphatic carboxylic acids is 1. The third kappa shape index (κ3) is 2.10. The fourth-order valence-electron chi connectivity index (χ4n) is 2.07. The molecule has 0 spiro atoms. The van der Waals surface area contributed by atoms with Crippen LogP contribution in [0, 0.1) is 11.8 Å². The highest BCUT2D eigenvalue weighted by Crippen LogP contribution is 2.42. The average molecular weight is 266 g/mol. The van der Waals surface area contributed by atoms with Gasteiger partial charge in [-0.15, -0.1) is 10.2 Å². The first kappa shape index (κ1) is 11.6. The lowest BCUT2D eigenvalue weighted by Gasteiger charge is -2.35. The highest BCUT2D eigenvalue weighted by Gasteiger charge is 2.38. The van der Waals surface area contributed by atoms with Crippen molar-refractivity contribution in [3.05, 3.63) is 5.01 Å². The minimum Gasteiger partial charge on any atom is -0.550 e. The number of carbonyl (C=O) groups excluding carboxylic acids is 2. The number of hydrogen-bond donors (Lipinski definition) is 1. The molecule has 0 aromatic carbocycles. The number of rotatable bonds is 4. The van der Waals surface area contributed by atoms with Gasteiger partial charge in [-0.3, -0.25) is 4.79 Å². The van der Waals surface area contributed by atoms with Gasteiger partial charge in [-0.05, 0) is 25.7 Å². The molecule has 2 saturated carbocycles. The van der Waals surface area contributed by atoms with Crippen molar-refractivity contribution in [3.8, 4) is 0 Å². The molecule has 0 unspecified atom stereocenters. The van der Waals surface area contributed by atoms with Crippen molar-refractivity contribution in [2.24, 2.45) is 11.8 Å². The predicted molar refractivity (Wildman–Crippen MR) is 61.7 cm³/mol. The van der Waals surface area contributed by atoms with Crippen molar-refractivity contribution in [1.29, 1.82) is 0 Å².